The zero-order chi connectivity index (χ0) is 38.9. The van der Waals surface area contributed by atoms with Gasteiger partial charge in [-0.25, -0.2) is 4.57 Å². The van der Waals surface area contributed by atoms with Crippen LogP contribution in [0.2, 0.25) is 0 Å². The summed E-state index contributed by atoms with van der Waals surface area (Å²) in [7, 11) is -4.51. The summed E-state index contributed by atoms with van der Waals surface area (Å²) in [5.41, 5.74) is 0. The van der Waals surface area contributed by atoms with Crippen molar-refractivity contribution in [3.05, 3.63) is 24.3 Å². The van der Waals surface area contributed by atoms with Crippen molar-refractivity contribution in [3.8, 4) is 0 Å². The Morgan fingerprint density at radius 1 is 0.585 bits per heavy atom. The molecule has 53 heavy (non-hydrogen) atoms. The third-order valence-corrected chi connectivity index (χ3v) is 10.3. The van der Waals surface area contributed by atoms with Crippen molar-refractivity contribution in [1.82, 2.24) is 0 Å². The van der Waals surface area contributed by atoms with Gasteiger partial charge in [-0.2, -0.15) is 0 Å². The molecule has 0 radical (unpaired) electrons. The summed E-state index contributed by atoms with van der Waals surface area (Å²) in [6.45, 7) is 3.46. The highest BCUT2D eigenvalue weighted by Crippen LogP contribution is 2.43. The second-order valence-electron chi connectivity index (χ2n) is 14.7. The number of aliphatic hydroxyl groups excluding tert-OH is 2. The molecule has 0 bridgehead atoms. The van der Waals surface area contributed by atoms with E-state index in [-0.39, 0.29) is 25.6 Å². The predicted molar refractivity (Wildman–Crippen MR) is 219 cm³/mol. The minimum Gasteiger partial charge on any atom is -0.457 e. The van der Waals surface area contributed by atoms with Gasteiger partial charge in [0.05, 0.1) is 26.4 Å². The van der Waals surface area contributed by atoms with E-state index in [1.165, 1.54) is 122 Å². The zero-order valence-electron chi connectivity index (χ0n) is 34.2. The fraction of sp³-hybridized carbons (Fsp3) is 0.884. The largest absolute Gasteiger partial charge is 0.472 e. The number of esters is 1. The number of carbonyl (C=O) groups is 1. The van der Waals surface area contributed by atoms with Crippen LogP contribution in [0.4, 0.5) is 0 Å². The van der Waals surface area contributed by atoms with Gasteiger partial charge in [0.25, 0.3) is 0 Å². The molecule has 3 unspecified atom stereocenters. The van der Waals surface area contributed by atoms with Crippen LogP contribution in [0.1, 0.15) is 200 Å². The SMILES string of the molecule is CCC/C=C\C/C=C\CCCCCCCCOCC(COP(=O)(O)OCC(O)CO)OC(=O)CCCCCCCCCCCCCCCCCCCC. The average molecular weight is 775 g/mol. The molecular weight excluding hydrogens is 691 g/mol. The lowest BCUT2D eigenvalue weighted by molar-refractivity contribution is -0.154. The van der Waals surface area contributed by atoms with Crippen LogP contribution in [0, 0.1) is 0 Å². The van der Waals surface area contributed by atoms with Crippen LogP contribution in [-0.2, 0) is 27.9 Å². The standard InChI is InChI=1S/C43H83O9P/c1-3-5-7-9-11-13-15-17-19-20-21-22-23-25-27-29-31-33-35-43(46)52-42(40-51-53(47,48)50-38-41(45)37-44)39-49-36-34-32-30-28-26-24-18-16-14-12-10-8-6-4-2/h8,10,14,16,41-42,44-45H,3-7,9,11-13,15,17-40H2,1-2H3,(H,47,48)/b10-8-,16-14-. The van der Waals surface area contributed by atoms with Gasteiger partial charge < -0.3 is 24.6 Å². The third-order valence-electron chi connectivity index (χ3n) is 9.37. The fourth-order valence-corrected chi connectivity index (χ4v) is 6.83. The van der Waals surface area contributed by atoms with Gasteiger partial charge >= 0.3 is 13.8 Å². The minimum absolute atomic E-state index is 0.0457. The number of aliphatic hydroxyl groups is 2. The second-order valence-corrected chi connectivity index (χ2v) is 16.2. The molecule has 0 aromatic heterocycles. The molecule has 9 nitrogen and oxygen atoms in total. The van der Waals surface area contributed by atoms with E-state index in [1.54, 1.807) is 0 Å². The number of hydrogen-bond acceptors (Lipinski definition) is 8. The molecule has 0 heterocycles. The van der Waals surface area contributed by atoms with Crippen LogP contribution in [0.3, 0.4) is 0 Å². The summed E-state index contributed by atoms with van der Waals surface area (Å²) in [6, 6.07) is 0. The predicted octanol–water partition coefficient (Wildman–Crippen LogP) is 11.9. The van der Waals surface area contributed by atoms with Gasteiger partial charge in [0.2, 0.25) is 0 Å². The number of unbranched alkanes of at least 4 members (excludes halogenated alkanes) is 24. The average Bonchev–Trinajstić information content (AvgIpc) is 3.15. The van der Waals surface area contributed by atoms with Crippen LogP contribution in [0.5, 0.6) is 0 Å². The number of rotatable bonds is 42. The van der Waals surface area contributed by atoms with Gasteiger partial charge in [-0.15, -0.1) is 0 Å². The molecule has 314 valence electrons. The molecule has 0 saturated heterocycles. The second kappa shape index (κ2) is 40.6. The smallest absolute Gasteiger partial charge is 0.457 e. The highest BCUT2D eigenvalue weighted by molar-refractivity contribution is 7.47. The van der Waals surface area contributed by atoms with E-state index >= 15 is 0 Å². The number of carbonyl (C=O) groups excluding carboxylic acids is 1. The van der Waals surface area contributed by atoms with Crippen molar-refractivity contribution in [3.63, 3.8) is 0 Å². The highest BCUT2D eigenvalue weighted by atomic mass is 31.2. The summed E-state index contributed by atoms with van der Waals surface area (Å²) in [4.78, 5) is 22.6. The Balaban J connectivity index is 4.14. The van der Waals surface area contributed by atoms with Crippen molar-refractivity contribution in [2.45, 2.75) is 212 Å². The summed E-state index contributed by atoms with van der Waals surface area (Å²) < 4.78 is 33.3. The summed E-state index contributed by atoms with van der Waals surface area (Å²) in [6.07, 6.45) is 41.3. The van der Waals surface area contributed by atoms with Crippen molar-refractivity contribution in [2.24, 2.45) is 0 Å². The van der Waals surface area contributed by atoms with Gasteiger partial charge in [-0.1, -0.05) is 179 Å². The number of ether oxygens (including phenoxy) is 2. The molecule has 0 saturated carbocycles. The van der Waals surface area contributed by atoms with Gasteiger partial charge in [-0.05, 0) is 38.5 Å². The molecule has 3 N–H and O–H groups in total. The Bertz CT molecular complexity index is 882. The Hall–Kier alpha value is -1.06. The van der Waals surface area contributed by atoms with E-state index in [4.69, 9.17) is 23.6 Å². The number of allylic oxidation sites excluding steroid dienone is 4. The molecule has 0 aromatic rings. The fourth-order valence-electron chi connectivity index (χ4n) is 6.04. The molecule has 0 aliphatic carbocycles. The first-order valence-corrected chi connectivity index (χ1v) is 23.3. The maximum atomic E-state index is 12.6. The van der Waals surface area contributed by atoms with Crippen molar-refractivity contribution >= 4 is 13.8 Å². The first kappa shape index (κ1) is 51.9. The Kier molecular flexibility index (Phi) is 39.8. The molecule has 0 spiro atoms. The quantitative estimate of drug-likeness (QED) is 0.0240. The third kappa shape index (κ3) is 40.4. The maximum Gasteiger partial charge on any atom is 0.472 e. The lowest BCUT2D eigenvalue weighted by Gasteiger charge is -2.20. The van der Waals surface area contributed by atoms with E-state index in [0.29, 0.717) is 6.61 Å². The van der Waals surface area contributed by atoms with Crippen molar-refractivity contribution in [2.75, 3.05) is 33.0 Å². The molecule has 10 heteroatoms. The van der Waals surface area contributed by atoms with Crippen LogP contribution in [0.15, 0.2) is 24.3 Å². The first-order chi connectivity index (χ1) is 25.8. The molecule has 3 atom stereocenters. The molecule has 0 aliphatic heterocycles. The molecule has 0 fully saturated rings. The van der Waals surface area contributed by atoms with E-state index in [9.17, 15) is 19.4 Å². The highest BCUT2D eigenvalue weighted by Gasteiger charge is 2.26. The number of phosphoric ester groups is 1. The monoisotopic (exact) mass is 775 g/mol. The lowest BCUT2D eigenvalue weighted by atomic mass is 10.0. The Morgan fingerprint density at radius 2 is 1.06 bits per heavy atom. The topological polar surface area (TPSA) is 132 Å². The van der Waals surface area contributed by atoms with Crippen molar-refractivity contribution in [1.29, 1.82) is 0 Å². The molecule has 0 rings (SSSR count). The zero-order valence-corrected chi connectivity index (χ0v) is 35.1. The van der Waals surface area contributed by atoms with Gasteiger partial charge in [0.1, 0.15) is 12.2 Å². The molecule has 0 amide bonds. The normalized spacial score (nSPS) is 14.3. The van der Waals surface area contributed by atoms with E-state index < -0.39 is 33.2 Å². The van der Waals surface area contributed by atoms with Gasteiger partial charge in [0.15, 0.2) is 0 Å². The van der Waals surface area contributed by atoms with Crippen LogP contribution in [-0.4, -0.2) is 66.3 Å². The van der Waals surface area contributed by atoms with E-state index in [1.807, 2.05) is 0 Å². The Morgan fingerprint density at radius 3 is 1.58 bits per heavy atom. The molecular formula is C43H83O9P. The van der Waals surface area contributed by atoms with Crippen LogP contribution in [0.25, 0.3) is 0 Å². The number of hydrogen-bond donors (Lipinski definition) is 3. The first-order valence-electron chi connectivity index (χ1n) is 21.8. The van der Waals surface area contributed by atoms with Gasteiger partial charge in [-0.3, -0.25) is 13.8 Å². The summed E-state index contributed by atoms with van der Waals surface area (Å²) in [5.74, 6) is -0.383. The number of phosphoric acid groups is 1. The maximum absolute atomic E-state index is 12.6. The summed E-state index contributed by atoms with van der Waals surface area (Å²) >= 11 is 0. The van der Waals surface area contributed by atoms with E-state index in [0.717, 1.165) is 57.8 Å². The van der Waals surface area contributed by atoms with Crippen molar-refractivity contribution < 1.29 is 43.0 Å². The van der Waals surface area contributed by atoms with Crippen LogP contribution >= 0.6 is 7.82 Å². The molecule has 0 aliphatic rings. The Labute approximate surface area is 325 Å². The minimum atomic E-state index is -4.51. The lowest BCUT2D eigenvalue weighted by Crippen LogP contribution is -2.29. The molecule has 0 aromatic carbocycles. The summed E-state index contributed by atoms with van der Waals surface area (Å²) in [5, 5.41) is 18.3. The van der Waals surface area contributed by atoms with E-state index in [2.05, 4.69) is 38.2 Å². The van der Waals surface area contributed by atoms with Crippen LogP contribution < -0.4 is 0 Å². The van der Waals surface area contributed by atoms with Gasteiger partial charge in [0, 0.05) is 13.0 Å².